The molecular weight excluding hydrogens is 321 g/mol. The number of hydrogen-bond donors (Lipinski definition) is 2. The van der Waals surface area contributed by atoms with E-state index in [-0.39, 0.29) is 26.5 Å². The van der Waals surface area contributed by atoms with Crippen LogP contribution in [0.3, 0.4) is 0 Å². The number of carboxylic acids is 1. The van der Waals surface area contributed by atoms with Crippen molar-refractivity contribution in [3.63, 3.8) is 0 Å². The maximum Gasteiger partial charge on any atom is 0.306 e. The molecule has 0 radical (unpaired) electrons. The molecule has 0 saturated heterocycles. The Hall–Kier alpha value is -0.340. The van der Waals surface area contributed by atoms with E-state index < -0.39 is 21.9 Å². The Labute approximate surface area is 119 Å². The van der Waals surface area contributed by atoms with E-state index in [0.29, 0.717) is 0 Å². The van der Waals surface area contributed by atoms with Crippen LogP contribution in [0.15, 0.2) is 11.0 Å². The summed E-state index contributed by atoms with van der Waals surface area (Å²) in [6, 6.07) is 1.26. The Kier molecular flexibility index (Phi) is 5.42. The summed E-state index contributed by atoms with van der Waals surface area (Å²) in [5.74, 6) is -1.58. The van der Waals surface area contributed by atoms with E-state index in [9.17, 15) is 13.2 Å². The van der Waals surface area contributed by atoms with E-state index in [4.69, 9.17) is 28.3 Å². The third-order valence-electron chi connectivity index (χ3n) is 2.21. The molecule has 0 aliphatic heterocycles. The fraction of sp³-hybridized carbons (Fsp3) is 0.444. The molecule has 5 nitrogen and oxygen atoms in total. The average molecular weight is 332 g/mol. The summed E-state index contributed by atoms with van der Waals surface area (Å²) in [5, 5.41) is 8.66. The van der Waals surface area contributed by atoms with Crippen LogP contribution in [0.4, 0.5) is 0 Å². The van der Waals surface area contributed by atoms with Gasteiger partial charge in [0.25, 0.3) is 0 Å². The summed E-state index contributed by atoms with van der Waals surface area (Å²) in [6.07, 6.45) is 0.198. The van der Waals surface area contributed by atoms with E-state index in [1.54, 1.807) is 0 Å². The summed E-state index contributed by atoms with van der Waals surface area (Å²) in [5.41, 5.74) is 0. The van der Waals surface area contributed by atoms with Crippen LogP contribution < -0.4 is 4.72 Å². The molecule has 0 aliphatic rings. The van der Waals surface area contributed by atoms with Gasteiger partial charge in [0.1, 0.15) is 9.23 Å². The number of nitrogens with one attached hydrogen (secondary N) is 1. The number of hydrogen-bond acceptors (Lipinski definition) is 4. The molecule has 102 valence electrons. The largest absolute Gasteiger partial charge is 0.481 e. The lowest BCUT2D eigenvalue weighted by Crippen LogP contribution is -2.27. The summed E-state index contributed by atoms with van der Waals surface area (Å²) in [4.78, 5) is 10.5. The number of halogens is 2. The lowest BCUT2D eigenvalue weighted by atomic mass is 10.1. The van der Waals surface area contributed by atoms with Crippen molar-refractivity contribution in [2.75, 3.05) is 6.54 Å². The van der Waals surface area contributed by atoms with Crippen molar-refractivity contribution in [2.24, 2.45) is 5.92 Å². The topological polar surface area (TPSA) is 83.5 Å². The highest BCUT2D eigenvalue weighted by molar-refractivity contribution is 7.89. The maximum absolute atomic E-state index is 11.8. The molecule has 1 aromatic heterocycles. The molecule has 9 heteroatoms. The van der Waals surface area contributed by atoms with Crippen LogP contribution in [0, 0.1) is 5.92 Å². The Morgan fingerprint density at radius 1 is 1.56 bits per heavy atom. The monoisotopic (exact) mass is 331 g/mol. The van der Waals surface area contributed by atoms with Crippen LogP contribution in [0.25, 0.3) is 0 Å². The molecule has 18 heavy (non-hydrogen) atoms. The summed E-state index contributed by atoms with van der Waals surface area (Å²) in [6.45, 7) is 1.53. The summed E-state index contributed by atoms with van der Waals surface area (Å²) < 4.78 is 26.3. The minimum Gasteiger partial charge on any atom is -0.481 e. The van der Waals surface area contributed by atoms with E-state index in [0.717, 1.165) is 11.3 Å². The molecule has 1 heterocycles. The number of thiophene rings is 1. The Balaban J connectivity index is 2.66. The first kappa shape index (κ1) is 15.7. The van der Waals surface area contributed by atoms with Crippen LogP contribution in [0.1, 0.15) is 13.3 Å². The van der Waals surface area contributed by atoms with E-state index in [1.807, 2.05) is 0 Å². The van der Waals surface area contributed by atoms with Gasteiger partial charge in [0.05, 0.1) is 10.3 Å². The van der Waals surface area contributed by atoms with Gasteiger partial charge in [-0.15, -0.1) is 11.3 Å². The molecule has 1 rings (SSSR count). The molecule has 1 atom stereocenters. The molecule has 1 aromatic rings. The number of aliphatic carboxylic acids is 1. The first-order valence-corrected chi connectivity index (χ1v) is 7.97. The van der Waals surface area contributed by atoms with Gasteiger partial charge in [0.2, 0.25) is 10.0 Å². The van der Waals surface area contributed by atoms with E-state index >= 15 is 0 Å². The normalized spacial score (nSPS) is 13.5. The Bertz CT molecular complexity index is 541. The third-order valence-corrected chi connectivity index (χ3v) is 5.42. The second kappa shape index (κ2) is 6.21. The molecule has 0 spiro atoms. The van der Waals surface area contributed by atoms with Gasteiger partial charge in [-0.2, -0.15) is 0 Å². The zero-order chi connectivity index (χ0) is 13.9. The van der Waals surface area contributed by atoms with Gasteiger partial charge in [0, 0.05) is 6.54 Å². The van der Waals surface area contributed by atoms with Gasteiger partial charge in [-0.05, 0) is 12.5 Å². The predicted octanol–water partition coefficient (Wildman–Crippen LogP) is 2.44. The zero-order valence-corrected chi connectivity index (χ0v) is 12.5. The van der Waals surface area contributed by atoms with E-state index in [2.05, 4.69) is 4.72 Å². The van der Waals surface area contributed by atoms with Crippen molar-refractivity contribution in [1.29, 1.82) is 0 Å². The van der Waals surface area contributed by atoms with Gasteiger partial charge in [-0.3, -0.25) is 4.79 Å². The highest BCUT2D eigenvalue weighted by Gasteiger charge is 2.21. The molecule has 0 saturated carbocycles. The summed E-state index contributed by atoms with van der Waals surface area (Å²) >= 11 is 12.4. The molecule has 1 unspecified atom stereocenters. The molecule has 0 fully saturated rings. The smallest absolute Gasteiger partial charge is 0.306 e. The average Bonchev–Trinajstić information content (AvgIpc) is 2.58. The first-order chi connectivity index (χ1) is 8.24. The number of sulfonamides is 1. The molecular formula is C9H11Cl2NO4S2. The maximum atomic E-state index is 11.8. The van der Waals surface area contributed by atoms with Crippen LogP contribution in [-0.2, 0) is 14.8 Å². The molecule has 0 aliphatic carbocycles. The van der Waals surface area contributed by atoms with Crippen LogP contribution in [0.5, 0.6) is 0 Å². The first-order valence-electron chi connectivity index (χ1n) is 4.91. The van der Waals surface area contributed by atoms with Crippen LogP contribution in [0.2, 0.25) is 8.67 Å². The quantitative estimate of drug-likeness (QED) is 0.838. The van der Waals surface area contributed by atoms with Crippen molar-refractivity contribution in [3.05, 3.63) is 14.7 Å². The number of carboxylic acid groups (broad SMARTS) is 1. The fourth-order valence-corrected chi connectivity index (χ4v) is 4.31. The zero-order valence-electron chi connectivity index (χ0n) is 9.31. The minimum atomic E-state index is -3.74. The Morgan fingerprint density at radius 3 is 2.61 bits per heavy atom. The van der Waals surface area contributed by atoms with Crippen molar-refractivity contribution < 1.29 is 18.3 Å². The highest BCUT2D eigenvalue weighted by atomic mass is 35.5. The van der Waals surface area contributed by atoms with Gasteiger partial charge >= 0.3 is 5.97 Å². The van der Waals surface area contributed by atoms with Gasteiger partial charge in [0.15, 0.2) is 0 Å². The fourth-order valence-electron chi connectivity index (χ4n) is 1.12. The van der Waals surface area contributed by atoms with Gasteiger partial charge < -0.3 is 5.11 Å². The molecule has 0 bridgehead atoms. The number of rotatable bonds is 6. The van der Waals surface area contributed by atoms with Gasteiger partial charge in [-0.1, -0.05) is 30.1 Å². The molecule has 0 aromatic carbocycles. The van der Waals surface area contributed by atoms with Crippen LogP contribution >= 0.6 is 34.5 Å². The van der Waals surface area contributed by atoms with Crippen molar-refractivity contribution >= 4 is 50.5 Å². The standard InChI is InChI=1S/C9H11Cl2NO4S2/c1-5(9(13)14)2-3-12-18(15,16)6-4-7(10)17-8(6)11/h4-5,12H,2-3H2,1H3,(H,13,14). The molecule has 0 amide bonds. The van der Waals surface area contributed by atoms with Crippen molar-refractivity contribution in [2.45, 2.75) is 18.2 Å². The van der Waals surface area contributed by atoms with Gasteiger partial charge in [-0.25, -0.2) is 13.1 Å². The predicted molar refractivity (Wildman–Crippen MR) is 70.9 cm³/mol. The highest BCUT2D eigenvalue weighted by Crippen LogP contribution is 2.34. The SMILES string of the molecule is CC(CCNS(=O)(=O)c1cc(Cl)sc1Cl)C(=O)O. The van der Waals surface area contributed by atoms with Crippen molar-refractivity contribution in [3.8, 4) is 0 Å². The lowest BCUT2D eigenvalue weighted by Gasteiger charge is -2.07. The second-order valence-corrected chi connectivity index (χ2v) is 7.64. The third kappa shape index (κ3) is 4.10. The number of carbonyl (C=O) groups is 1. The van der Waals surface area contributed by atoms with Crippen LogP contribution in [-0.4, -0.2) is 26.0 Å². The van der Waals surface area contributed by atoms with Crippen molar-refractivity contribution in [1.82, 2.24) is 4.72 Å². The second-order valence-electron chi connectivity index (χ2n) is 3.61. The Morgan fingerprint density at radius 2 is 2.17 bits per heavy atom. The lowest BCUT2D eigenvalue weighted by molar-refractivity contribution is -0.141. The van der Waals surface area contributed by atoms with E-state index in [1.165, 1.54) is 13.0 Å². The molecule has 2 N–H and O–H groups in total. The summed E-state index contributed by atoms with van der Waals surface area (Å²) in [7, 11) is -3.74. The minimum absolute atomic E-state index is 0.0274.